The number of allylic oxidation sites excluding steroid dienone is 5. The third-order valence-corrected chi connectivity index (χ3v) is 13.9. The summed E-state index contributed by atoms with van der Waals surface area (Å²) in [6, 6.07) is 7.94. The quantitative estimate of drug-likeness (QED) is 0.0809. The first kappa shape index (κ1) is 36.2. The zero-order valence-electron chi connectivity index (χ0n) is 31.4. The molecule has 1 aromatic rings. The molecule has 49 heavy (non-hydrogen) atoms. The third kappa shape index (κ3) is 8.48. The highest BCUT2D eigenvalue weighted by Crippen LogP contribution is 2.67. The number of rotatable bonds is 15. The van der Waals surface area contributed by atoms with E-state index in [4.69, 9.17) is 9.47 Å². The molecule has 0 N–H and O–H groups in total. The standard InChI is InChI=1S/C45H65NO3/c1-32(2)12-11-13-33(3)40-23-24-41-39-22-17-35-30-38(25-27-44(35,4)42(39)26-28-45(40,41)5)49-43(47)16-7-6-10-29-48-37-20-18-36(19-21-37)46-31-34-14-8-9-15-34/h8-9,14-15,17-21,31-34,38-42H,6-7,10-13,16,22-30H2,1-5H3/t33-,38+,39+,40-,41+,42+,44+,45-/m1/s1. The van der Waals surface area contributed by atoms with Crippen LogP contribution in [-0.4, -0.2) is 24.9 Å². The molecule has 0 spiro atoms. The van der Waals surface area contributed by atoms with E-state index in [1.54, 1.807) is 5.57 Å². The Morgan fingerprint density at radius 1 is 0.918 bits per heavy atom. The molecule has 268 valence electrons. The van der Waals surface area contributed by atoms with Gasteiger partial charge in [-0.1, -0.05) is 89.8 Å². The highest BCUT2D eigenvalue weighted by molar-refractivity contribution is 5.71. The van der Waals surface area contributed by atoms with Crippen molar-refractivity contribution in [2.45, 2.75) is 137 Å². The van der Waals surface area contributed by atoms with Gasteiger partial charge in [0, 0.05) is 25.0 Å². The lowest BCUT2D eigenvalue weighted by atomic mass is 9.47. The number of carbonyl (C=O) groups is 1. The average Bonchev–Trinajstić information content (AvgIpc) is 3.73. The zero-order valence-corrected chi connectivity index (χ0v) is 31.4. The average molecular weight is 668 g/mol. The molecule has 3 saturated carbocycles. The Morgan fingerprint density at radius 3 is 2.49 bits per heavy atom. The van der Waals surface area contributed by atoms with Crippen LogP contribution < -0.4 is 4.74 Å². The van der Waals surface area contributed by atoms with Crippen LogP contribution in [0.3, 0.4) is 0 Å². The Kier molecular flexibility index (Phi) is 11.9. The second kappa shape index (κ2) is 16.2. The van der Waals surface area contributed by atoms with Crippen LogP contribution >= 0.6 is 0 Å². The van der Waals surface area contributed by atoms with Crippen LogP contribution in [0, 0.1) is 52.3 Å². The molecule has 0 aromatic heterocycles. The Bertz CT molecular complexity index is 1360. The second-order valence-corrected chi connectivity index (χ2v) is 17.4. The molecule has 0 unspecified atom stereocenters. The van der Waals surface area contributed by atoms with E-state index in [0.29, 0.717) is 29.8 Å². The monoisotopic (exact) mass is 667 g/mol. The molecule has 1 aromatic carbocycles. The molecule has 0 heterocycles. The normalized spacial score (nSPS) is 32.9. The van der Waals surface area contributed by atoms with Gasteiger partial charge in [-0.15, -0.1) is 0 Å². The Morgan fingerprint density at radius 2 is 1.71 bits per heavy atom. The summed E-state index contributed by atoms with van der Waals surface area (Å²) in [5, 5.41) is 0. The topological polar surface area (TPSA) is 47.9 Å². The molecule has 3 fully saturated rings. The number of hydrogen-bond acceptors (Lipinski definition) is 4. The van der Waals surface area contributed by atoms with E-state index in [1.807, 2.05) is 42.6 Å². The molecule has 0 saturated heterocycles. The zero-order chi connectivity index (χ0) is 34.4. The van der Waals surface area contributed by atoms with Crippen LogP contribution in [0.25, 0.3) is 0 Å². The van der Waals surface area contributed by atoms with Gasteiger partial charge in [0.05, 0.1) is 12.3 Å². The molecule has 0 bridgehead atoms. The fourth-order valence-electron chi connectivity index (χ4n) is 11.1. The summed E-state index contributed by atoms with van der Waals surface area (Å²) in [7, 11) is 0. The lowest BCUT2D eigenvalue weighted by Gasteiger charge is -2.58. The van der Waals surface area contributed by atoms with E-state index >= 15 is 0 Å². The van der Waals surface area contributed by atoms with Crippen molar-refractivity contribution in [2.75, 3.05) is 6.61 Å². The maximum absolute atomic E-state index is 12.9. The molecule has 5 aliphatic rings. The fraction of sp³-hybridized carbons (Fsp3) is 0.689. The summed E-state index contributed by atoms with van der Waals surface area (Å²) in [6.45, 7) is 13.2. The highest BCUT2D eigenvalue weighted by Gasteiger charge is 2.59. The smallest absolute Gasteiger partial charge is 0.306 e. The largest absolute Gasteiger partial charge is 0.494 e. The summed E-state index contributed by atoms with van der Waals surface area (Å²) >= 11 is 0. The molecular formula is C45H65NO3. The van der Waals surface area contributed by atoms with E-state index in [9.17, 15) is 4.79 Å². The van der Waals surface area contributed by atoms with Crippen molar-refractivity contribution in [2.24, 2.45) is 57.2 Å². The lowest BCUT2D eigenvalue weighted by molar-refractivity contribution is -0.151. The van der Waals surface area contributed by atoms with Gasteiger partial charge in [-0.2, -0.15) is 0 Å². The minimum Gasteiger partial charge on any atom is -0.494 e. The highest BCUT2D eigenvalue weighted by atomic mass is 16.5. The van der Waals surface area contributed by atoms with E-state index in [-0.39, 0.29) is 12.1 Å². The van der Waals surface area contributed by atoms with E-state index in [0.717, 1.165) is 79.0 Å². The number of ether oxygens (including phenoxy) is 2. The molecule has 5 aliphatic carbocycles. The van der Waals surface area contributed by atoms with Gasteiger partial charge in [0.15, 0.2) is 0 Å². The van der Waals surface area contributed by atoms with Gasteiger partial charge in [-0.25, -0.2) is 0 Å². The van der Waals surface area contributed by atoms with Crippen molar-refractivity contribution in [3.05, 3.63) is 60.2 Å². The van der Waals surface area contributed by atoms with Crippen LogP contribution in [-0.2, 0) is 9.53 Å². The second-order valence-electron chi connectivity index (χ2n) is 17.4. The molecule has 6 rings (SSSR count). The van der Waals surface area contributed by atoms with Gasteiger partial charge in [0.1, 0.15) is 11.9 Å². The van der Waals surface area contributed by atoms with Crippen LogP contribution in [0.1, 0.15) is 131 Å². The maximum Gasteiger partial charge on any atom is 0.306 e. The molecule has 0 amide bonds. The molecule has 8 atom stereocenters. The number of hydrogen-bond donors (Lipinski definition) is 0. The first-order valence-corrected chi connectivity index (χ1v) is 20.2. The van der Waals surface area contributed by atoms with Gasteiger partial charge in [0.25, 0.3) is 0 Å². The Labute approximate surface area is 298 Å². The van der Waals surface area contributed by atoms with E-state index in [2.05, 4.69) is 57.8 Å². The number of unbranched alkanes of at least 4 members (excludes halogenated alkanes) is 2. The summed E-state index contributed by atoms with van der Waals surface area (Å²) in [5.74, 6) is 6.28. The summed E-state index contributed by atoms with van der Waals surface area (Å²) in [5.41, 5.74) is 3.37. The first-order valence-electron chi connectivity index (χ1n) is 20.2. The van der Waals surface area contributed by atoms with Crippen molar-refractivity contribution < 1.29 is 14.3 Å². The number of benzene rings is 1. The molecule has 4 heteroatoms. The minimum atomic E-state index is -0.0171. The number of fused-ring (bicyclic) bond motifs is 5. The lowest BCUT2D eigenvalue weighted by Crippen LogP contribution is -2.51. The Hall–Kier alpha value is -2.62. The summed E-state index contributed by atoms with van der Waals surface area (Å²) in [6.07, 6.45) is 30.6. The van der Waals surface area contributed by atoms with Gasteiger partial charge in [0.2, 0.25) is 0 Å². The fourth-order valence-corrected chi connectivity index (χ4v) is 11.1. The predicted octanol–water partition coefficient (Wildman–Crippen LogP) is 12.0. The van der Waals surface area contributed by atoms with Gasteiger partial charge in [-0.05, 0) is 135 Å². The van der Waals surface area contributed by atoms with Crippen molar-refractivity contribution in [3.63, 3.8) is 0 Å². The van der Waals surface area contributed by atoms with Crippen LogP contribution in [0.2, 0.25) is 0 Å². The summed E-state index contributed by atoms with van der Waals surface area (Å²) in [4.78, 5) is 17.4. The predicted molar refractivity (Wildman–Crippen MR) is 203 cm³/mol. The number of aliphatic imine (C=N–C) groups is 1. The number of nitrogens with zero attached hydrogens (tertiary/aromatic N) is 1. The third-order valence-electron chi connectivity index (χ3n) is 13.9. The van der Waals surface area contributed by atoms with Crippen molar-refractivity contribution in [3.8, 4) is 5.75 Å². The molecule has 0 radical (unpaired) electrons. The first-order chi connectivity index (χ1) is 23.7. The SMILES string of the molecule is CC(C)CCC[C@@H](C)[C@H]1CC[C@H]2[C@@H]3CC=C4C[C@@H](OC(=O)CCCCCOc5ccc(N=CC6C=CC=C6)cc5)CC[C@]4(C)[C@H]3CC[C@]12C. The van der Waals surface area contributed by atoms with E-state index < -0.39 is 0 Å². The number of carbonyl (C=O) groups excluding carboxylic acids is 1. The van der Waals surface area contributed by atoms with Gasteiger partial charge >= 0.3 is 5.97 Å². The van der Waals surface area contributed by atoms with Crippen LogP contribution in [0.4, 0.5) is 5.69 Å². The maximum atomic E-state index is 12.9. The van der Waals surface area contributed by atoms with Crippen molar-refractivity contribution in [1.82, 2.24) is 0 Å². The van der Waals surface area contributed by atoms with Crippen molar-refractivity contribution >= 4 is 17.9 Å². The van der Waals surface area contributed by atoms with Crippen molar-refractivity contribution in [1.29, 1.82) is 0 Å². The minimum absolute atomic E-state index is 0.0171. The summed E-state index contributed by atoms with van der Waals surface area (Å²) < 4.78 is 12.0. The molecule has 4 nitrogen and oxygen atoms in total. The van der Waals surface area contributed by atoms with E-state index in [1.165, 1.54) is 57.8 Å². The van der Waals surface area contributed by atoms with Crippen LogP contribution in [0.5, 0.6) is 5.75 Å². The van der Waals surface area contributed by atoms with Gasteiger partial charge in [-0.3, -0.25) is 9.79 Å². The van der Waals surface area contributed by atoms with Crippen LogP contribution in [0.15, 0.2) is 65.2 Å². The molecular weight excluding hydrogens is 602 g/mol. The van der Waals surface area contributed by atoms with Gasteiger partial charge < -0.3 is 9.47 Å². The Balaban J connectivity index is 0.903. The molecule has 0 aliphatic heterocycles. The number of esters is 1.